The van der Waals surface area contributed by atoms with E-state index in [1.807, 2.05) is 9.80 Å². The number of carbonyl (C=O) groups excluding carboxylic acids is 3. The lowest BCUT2D eigenvalue weighted by atomic mass is 10.0. The Morgan fingerprint density at radius 2 is 1.78 bits per heavy atom. The molecule has 2 aromatic carbocycles. The number of hydrogen-bond donors (Lipinski definition) is 3. The number of aliphatic carboxylic acids is 1. The van der Waals surface area contributed by atoms with Crippen molar-refractivity contribution in [2.45, 2.75) is 45.7 Å². The molecule has 3 aromatic rings. The van der Waals surface area contributed by atoms with Crippen LogP contribution < -0.4 is 20.3 Å². The van der Waals surface area contributed by atoms with Crippen LogP contribution in [0.15, 0.2) is 47.0 Å². The van der Waals surface area contributed by atoms with Gasteiger partial charge >= 0.3 is 5.97 Å². The summed E-state index contributed by atoms with van der Waals surface area (Å²) in [4.78, 5) is 59.4. The third-order valence-electron chi connectivity index (χ3n) is 7.70. The molecule has 13 nitrogen and oxygen atoms in total. The Bertz CT molecular complexity index is 1550. The fourth-order valence-corrected chi connectivity index (χ4v) is 5.26. The van der Waals surface area contributed by atoms with Crippen molar-refractivity contribution in [3.63, 3.8) is 0 Å². The van der Waals surface area contributed by atoms with E-state index in [-0.39, 0.29) is 30.6 Å². The number of halogens is 1. The van der Waals surface area contributed by atoms with Crippen molar-refractivity contribution in [2.24, 2.45) is 5.92 Å². The van der Waals surface area contributed by atoms with Gasteiger partial charge in [-0.3, -0.25) is 24.1 Å². The van der Waals surface area contributed by atoms with Gasteiger partial charge in [0.25, 0.3) is 5.89 Å². The van der Waals surface area contributed by atoms with Gasteiger partial charge in [-0.2, -0.15) is 4.98 Å². The Morgan fingerprint density at radius 3 is 2.39 bits per heavy atom. The number of rotatable bonds is 14. The number of piperazine rings is 1. The van der Waals surface area contributed by atoms with Crippen LogP contribution in [-0.4, -0.2) is 95.6 Å². The van der Waals surface area contributed by atoms with Crippen LogP contribution in [0.25, 0.3) is 11.5 Å². The number of anilines is 1. The molecule has 1 aliphatic heterocycles. The van der Waals surface area contributed by atoms with Crippen molar-refractivity contribution in [3.8, 4) is 17.2 Å². The van der Waals surface area contributed by atoms with Gasteiger partial charge in [-0.15, -0.1) is 0 Å². The Kier molecular flexibility index (Phi) is 11.4. The largest absolute Gasteiger partial charge is 0.496 e. The molecule has 2 unspecified atom stereocenters. The second kappa shape index (κ2) is 15.4. The SMILES string of the molecule is COc1ccc(-c2nc(C)no2)cc1CC(=O)NC(C(=O)NC(CC(=O)O)C(=O)CN1CCN(c2ccccc2F)CC1)C(C)C. The van der Waals surface area contributed by atoms with Crippen molar-refractivity contribution in [2.75, 3.05) is 44.7 Å². The van der Waals surface area contributed by atoms with Crippen LogP contribution in [0.3, 0.4) is 0 Å². The number of carboxylic acids is 1. The van der Waals surface area contributed by atoms with E-state index in [4.69, 9.17) is 9.26 Å². The average Bonchev–Trinajstić information content (AvgIpc) is 3.46. The molecule has 2 atom stereocenters. The number of Topliss-reactive ketones (excluding diaryl/α,β-unsaturated/α-hetero) is 1. The van der Waals surface area contributed by atoms with Crippen molar-refractivity contribution in [1.82, 2.24) is 25.7 Å². The van der Waals surface area contributed by atoms with E-state index in [1.165, 1.54) is 13.2 Å². The van der Waals surface area contributed by atoms with Crippen LogP contribution in [0, 0.1) is 18.7 Å². The summed E-state index contributed by atoms with van der Waals surface area (Å²) < 4.78 is 24.8. The first-order chi connectivity index (χ1) is 21.9. The normalized spacial score (nSPS) is 14.9. The number of carboxylic acid groups (broad SMARTS) is 1. The first kappa shape index (κ1) is 34.0. The summed E-state index contributed by atoms with van der Waals surface area (Å²) in [6, 6.07) is 9.20. The smallest absolute Gasteiger partial charge is 0.305 e. The number of para-hydroxylation sites is 1. The molecule has 46 heavy (non-hydrogen) atoms. The number of nitrogens with zero attached hydrogens (tertiary/aromatic N) is 4. The average molecular weight is 639 g/mol. The van der Waals surface area contributed by atoms with Gasteiger partial charge in [0, 0.05) is 37.3 Å². The number of nitrogens with one attached hydrogen (secondary N) is 2. The third kappa shape index (κ3) is 8.87. The van der Waals surface area contributed by atoms with Gasteiger partial charge < -0.3 is 29.9 Å². The molecular formula is C32H39FN6O7. The van der Waals surface area contributed by atoms with E-state index in [2.05, 4.69) is 20.8 Å². The Morgan fingerprint density at radius 1 is 1.07 bits per heavy atom. The third-order valence-corrected chi connectivity index (χ3v) is 7.70. The maximum Gasteiger partial charge on any atom is 0.305 e. The second-order valence-corrected chi connectivity index (χ2v) is 11.5. The highest BCUT2D eigenvalue weighted by molar-refractivity contribution is 5.95. The standard InChI is InChI=1S/C32H39FN6O7/c1-19(2)30(36-28(41)16-22-15-21(9-10-27(22)45-4)32-34-20(3)37-46-32)31(44)35-24(17-29(42)43)26(40)18-38-11-13-39(14-12-38)25-8-6-5-7-23(25)33/h5-10,15,19,24,30H,11-14,16-18H2,1-4H3,(H,35,44)(H,36,41)(H,42,43). The first-order valence-corrected chi connectivity index (χ1v) is 15.0. The monoisotopic (exact) mass is 638 g/mol. The van der Waals surface area contributed by atoms with Crippen LogP contribution in [0.2, 0.25) is 0 Å². The predicted octanol–water partition coefficient (Wildman–Crippen LogP) is 2.23. The van der Waals surface area contributed by atoms with Gasteiger partial charge in [0.15, 0.2) is 11.6 Å². The summed E-state index contributed by atoms with van der Waals surface area (Å²) in [6.45, 7) is 6.93. The molecule has 0 saturated carbocycles. The van der Waals surface area contributed by atoms with Crippen LogP contribution in [0.4, 0.5) is 10.1 Å². The number of benzene rings is 2. The van der Waals surface area contributed by atoms with Crippen LogP contribution in [0.5, 0.6) is 5.75 Å². The van der Waals surface area contributed by atoms with Gasteiger partial charge in [0.1, 0.15) is 17.6 Å². The number of aryl methyl sites for hydroxylation is 1. The van der Waals surface area contributed by atoms with E-state index in [1.54, 1.807) is 57.2 Å². The number of hydrogen-bond acceptors (Lipinski definition) is 10. The number of ketones is 1. The Balaban J connectivity index is 1.38. The molecule has 3 N–H and O–H groups in total. The number of ether oxygens (including phenoxy) is 1. The number of carbonyl (C=O) groups is 4. The fraction of sp³-hybridized carbons (Fsp3) is 0.438. The maximum atomic E-state index is 14.2. The minimum absolute atomic E-state index is 0.0856. The topological polar surface area (TPSA) is 167 Å². The molecule has 14 heteroatoms. The Labute approximate surface area is 266 Å². The molecule has 2 heterocycles. The molecule has 0 bridgehead atoms. The van der Waals surface area contributed by atoms with Gasteiger partial charge in [-0.05, 0) is 43.2 Å². The zero-order valence-electron chi connectivity index (χ0n) is 26.3. The van der Waals surface area contributed by atoms with Gasteiger partial charge in [-0.25, -0.2) is 4.39 Å². The van der Waals surface area contributed by atoms with Crippen LogP contribution in [-0.2, 0) is 25.6 Å². The highest BCUT2D eigenvalue weighted by Gasteiger charge is 2.32. The number of aromatic nitrogens is 2. The van der Waals surface area contributed by atoms with Gasteiger partial charge in [-0.1, -0.05) is 31.1 Å². The van der Waals surface area contributed by atoms with E-state index >= 15 is 0 Å². The highest BCUT2D eigenvalue weighted by Crippen LogP contribution is 2.26. The van der Waals surface area contributed by atoms with Crippen molar-refractivity contribution >= 4 is 29.3 Å². The quantitative estimate of drug-likeness (QED) is 0.237. The molecule has 246 valence electrons. The van der Waals surface area contributed by atoms with Crippen molar-refractivity contribution in [3.05, 3.63) is 59.7 Å². The van der Waals surface area contributed by atoms with E-state index < -0.39 is 42.1 Å². The minimum atomic E-state index is -1.30. The molecule has 0 radical (unpaired) electrons. The van der Waals surface area contributed by atoms with Gasteiger partial charge in [0.2, 0.25) is 11.8 Å². The van der Waals surface area contributed by atoms with Crippen LogP contribution in [0.1, 0.15) is 31.7 Å². The molecule has 0 aliphatic carbocycles. The molecule has 0 spiro atoms. The lowest BCUT2D eigenvalue weighted by Crippen LogP contribution is -2.56. The second-order valence-electron chi connectivity index (χ2n) is 11.5. The van der Waals surface area contributed by atoms with E-state index in [9.17, 15) is 28.7 Å². The lowest BCUT2D eigenvalue weighted by Gasteiger charge is -2.36. The molecule has 4 rings (SSSR count). The van der Waals surface area contributed by atoms with Crippen LogP contribution >= 0.6 is 0 Å². The molecule has 1 aromatic heterocycles. The van der Waals surface area contributed by atoms with E-state index in [0.717, 1.165) is 0 Å². The van der Waals surface area contributed by atoms with Crippen molar-refractivity contribution < 1.29 is 37.9 Å². The highest BCUT2D eigenvalue weighted by atomic mass is 19.1. The zero-order valence-corrected chi connectivity index (χ0v) is 26.3. The summed E-state index contributed by atoms with van der Waals surface area (Å²) in [5.74, 6) is -2.41. The zero-order chi connectivity index (χ0) is 33.4. The summed E-state index contributed by atoms with van der Waals surface area (Å²) in [5.41, 5.74) is 1.59. The van der Waals surface area contributed by atoms with Gasteiger partial charge in [0.05, 0.1) is 38.2 Å². The maximum absolute atomic E-state index is 14.2. The lowest BCUT2D eigenvalue weighted by molar-refractivity contribution is -0.141. The molecule has 2 amide bonds. The summed E-state index contributed by atoms with van der Waals surface area (Å²) in [7, 11) is 1.47. The summed E-state index contributed by atoms with van der Waals surface area (Å²) in [5, 5.41) is 18.6. The number of amides is 2. The fourth-order valence-electron chi connectivity index (χ4n) is 5.26. The first-order valence-electron chi connectivity index (χ1n) is 15.0. The summed E-state index contributed by atoms with van der Waals surface area (Å²) in [6.07, 6.45) is -0.755. The van der Waals surface area contributed by atoms with Crippen molar-refractivity contribution in [1.29, 1.82) is 0 Å². The molecule has 1 aliphatic rings. The minimum Gasteiger partial charge on any atom is -0.496 e. The molecular weight excluding hydrogens is 599 g/mol. The molecule has 1 fully saturated rings. The Hall–Kier alpha value is -4.85. The number of methoxy groups -OCH3 is 1. The summed E-state index contributed by atoms with van der Waals surface area (Å²) >= 11 is 0. The molecule has 1 saturated heterocycles. The van der Waals surface area contributed by atoms with E-state index in [0.29, 0.717) is 54.6 Å². The predicted molar refractivity (Wildman–Crippen MR) is 166 cm³/mol.